The first-order chi connectivity index (χ1) is 14.1. The summed E-state index contributed by atoms with van der Waals surface area (Å²) in [5, 5.41) is 37.4. The Kier molecular flexibility index (Phi) is 6.14. The fraction of sp³-hybridized carbons (Fsp3) is 0.143. The van der Waals surface area contributed by atoms with E-state index >= 15 is 0 Å². The number of nitrogens with two attached hydrogens (primary N) is 1. The van der Waals surface area contributed by atoms with E-state index in [2.05, 4.69) is 21.6 Å². The molecule has 3 rings (SSSR count). The molecule has 0 saturated heterocycles. The quantitative estimate of drug-likeness (QED) is 0.304. The number of rotatable bonds is 7. The molecule has 0 aliphatic heterocycles. The molecule has 29 heavy (non-hydrogen) atoms. The fourth-order valence-corrected chi connectivity index (χ4v) is 3.16. The van der Waals surface area contributed by atoms with E-state index in [-0.39, 0.29) is 25.3 Å². The molecule has 0 amide bonds. The van der Waals surface area contributed by atoms with Crippen molar-refractivity contribution >= 4 is 28.3 Å². The molecule has 0 aliphatic rings. The van der Waals surface area contributed by atoms with Gasteiger partial charge in [0.15, 0.2) is 0 Å². The predicted octanol–water partition coefficient (Wildman–Crippen LogP) is 1.35. The molecule has 0 spiro atoms. The Balaban J connectivity index is 2.30. The van der Waals surface area contributed by atoms with Crippen LogP contribution in [0.3, 0.4) is 0 Å². The Hall–Kier alpha value is -3.80. The lowest BCUT2D eigenvalue weighted by molar-refractivity contribution is 0.299. The first-order valence-corrected chi connectivity index (χ1v) is 8.95. The minimum atomic E-state index is -0.322. The molecule has 146 valence electrons. The van der Waals surface area contributed by atoms with Crippen molar-refractivity contribution in [2.24, 2.45) is 5.73 Å². The van der Waals surface area contributed by atoms with Gasteiger partial charge in [-0.15, -0.1) is 0 Å². The van der Waals surface area contributed by atoms with Gasteiger partial charge in [-0.25, -0.2) is 5.10 Å². The highest BCUT2D eigenvalue weighted by Gasteiger charge is 2.15. The third kappa shape index (κ3) is 3.91. The molecule has 6 N–H and O–H groups in total. The number of benzene rings is 2. The van der Waals surface area contributed by atoms with Crippen LogP contribution in [0.25, 0.3) is 22.0 Å². The molecular weight excluding hydrogens is 368 g/mol. The lowest BCUT2D eigenvalue weighted by atomic mass is 9.95. The molecule has 0 atom stereocenters. The van der Waals surface area contributed by atoms with E-state index in [0.29, 0.717) is 44.4 Å². The van der Waals surface area contributed by atoms with Crippen molar-refractivity contribution in [2.45, 2.75) is 6.54 Å². The standard InChI is InChI=1S/C21H20N6O2/c22-10-14-3-1-2-4-15(14)20(25-7-8-28)18(11-23)13-5-6-16-17(9-13)19(12-24)26-27-21(16)29/h1-6,9,11,23,25,28H,7-8,12,24H2,(H,27,29)/b20-18+,23-11?. The zero-order valence-electron chi connectivity index (χ0n) is 15.6. The smallest absolute Gasteiger partial charge is 0.272 e. The summed E-state index contributed by atoms with van der Waals surface area (Å²) in [5.74, 6) is 0. The Morgan fingerprint density at radius 1 is 1.31 bits per heavy atom. The molecular formula is C21H20N6O2. The Morgan fingerprint density at radius 3 is 2.79 bits per heavy atom. The maximum atomic E-state index is 12.1. The zero-order valence-corrected chi connectivity index (χ0v) is 15.6. The van der Waals surface area contributed by atoms with E-state index in [1.807, 2.05) is 0 Å². The monoisotopic (exact) mass is 388 g/mol. The Labute approximate surface area is 166 Å². The highest BCUT2D eigenvalue weighted by atomic mass is 16.3. The number of hydrogen-bond donors (Lipinski definition) is 5. The Bertz CT molecular complexity index is 1190. The summed E-state index contributed by atoms with van der Waals surface area (Å²) in [4.78, 5) is 12.1. The molecule has 8 nitrogen and oxygen atoms in total. The van der Waals surface area contributed by atoms with E-state index in [0.717, 1.165) is 0 Å². The average molecular weight is 388 g/mol. The van der Waals surface area contributed by atoms with Gasteiger partial charge in [-0.1, -0.05) is 24.3 Å². The number of allylic oxidation sites excluding steroid dienone is 1. The van der Waals surface area contributed by atoms with Crippen LogP contribution < -0.4 is 16.6 Å². The maximum absolute atomic E-state index is 12.1. The largest absolute Gasteiger partial charge is 0.395 e. The van der Waals surface area contributed by atoms with E-state index in [1.54, 1.807) is 42.5 Å². The van der Waals surface area contributed by atoms with Gasteiger partial charge < -0.3 is 21.6 Å². The number of aromatic nitrogens is 2. The number of nitrogens with one attached hydrogen (secondary N) is 3. The third-order valence-corrected chi connectivity index (χ3v) is 4.52. The van der Waals surface area contributed by atoms with Crippen molar-refractivity contribution in [1.29, 1.82) is 10.7 Å². The van der Waals surface area contributed by atoms with Gasteiger partial charge in [-0.2, -0.15) is 10.4 Å². The predicted molar refractivity (Wildman–Crippen MR) is 112 cm³/mol. The summed E-state index contributed by atoms with van der Waals surface area (Å²) in [5.41, 5.74) is 8.73. The molecule has 3 aromatic rings. The number of aromatic amines is 1. The summed E-state index contributed by atoms with van der Waals surface area (Å²) < 4.78 is 0. The molecule has 1 heterocycles. The number of hydrogen-bond acceptors (Lipinski definition) is 7. The maximum Gasteiger partial charge on any atom is 0.272 e. The molecule has 2 aromatic carbocycles. The molecule has 0 bridgehead atoms. The van der Waals surface area contributed by atoms with Crippen LogP contribution >= 0.6 is 0 Å². The van der Waals surface area contributed by atoms with Gasteiger partial charge in [0.25, 0.3) is 5.56 Å². The molecule has 8 heteroatoms. The first-order valence-electron chi connectivity index (χ1n) is 8.95. The summed E-state index contributed by atoms with van der Waals surface area (Å²) in [7, 11) is 0. The highest BCUT2D eigenvalue weighted by Crippen LogP contribution is 2.27. The molecule has 0 saturated carbocycles. The number of aliphatic hydroxyl groups excluding tert-OH is 1. The van der Waals surface area contributed by atoms with Crippen molar-refractivity contribution in [3.63, 3.8) is 0 Å². The molecule has 0 fully saturated rings. The average Bonchev–Trinajstić information content (AvgIpc) is 2.76. The zero-order chi connectivity index (χ0) is 20.8. The number of nitriles is 1. The Morgan fingerprint density at radius 2 is 2.10 bits per heavy atom. The van der Waals surface area contributed by atoms with Crippen molar-refractivity contribution in [3.8, 4) is 6.07 Å². The SMILES string of the molecule is N#Cc1ccccc1/C(NCCO)=C(/C=N)c1ccc2c(=O)[nH]nc(CN)c2c1. The van der Waals surface area contributed by atoms with Gasteiger partial charge in [0.1, 0.15) is 0 Å². The summed E-state index contributed by atoms with van der Waals surface area (Å²) in [6.07, 6.45) is 1.18. The second-order valence-electron chi connectivity index (χ2n) is 6.20. The van der Waals surface area contributed by atoms with Gasteiger partial charge >= 0.3 is 0 Å². The number of nitrogens with zero attached hydrogens (tertiary/aromatic N) is 2. The summed E-state index contributed by atoms with van der Waals surface area (Å²) in [6, 6.07) is 14.3. The summed E-state index contributed by atoms with van der Waals surface area (Å²) in [6.45, 7) is 0.278. The van der Waals surface area contributed by atoms with E-state index in [9.17, 15) is 15.2 Å². The van der Waals surface area contributed by atoms with Crippen LogP contribution in [0.2, 0.25) is 0 Å². The second-order valence-corrected chi connectivity index (χ2v) is 6.20. The van der Waals surface area contributed by atoms with E-state index in [4.69, 9.17) is 11.1 Å². The number of H-pyrrole nitrogens is 1. The van der Waals surface area contributed by atoms with Gasteiger partial charge in [-0.05, 0) is 23.8 Å². The van der Waals surface area contributed by atoms with Gasteiger partial charge in [-0.3, -0.25) is 4.79 Å². The van der Waals surface area contributed by atoms with Crippen LogP contribution in [-0.2, 0) is 6.54 Å². The van der Waals surface area contributed by atoms with E-state index < -0.39 is 0 Å². The molecule has 0 radical (unpaired) electrons. The first kappa shape index (κ1) is 19.9. The lowest BCUT2D eigenvalue weighted by Gasteiger charge is -2.17. The van der Waals surface area contributed by atoms with Crippen LogP contribution in [0, 0.1) is 16.7 Å². The normalized spacial score (nSPS) is 11.6. The van der Waals surface area contributed by atoms with Gasteiger partial charge in [0.2, 0.25) is 0 Å². The second kappa shape index (κ2) is 8.93. The van der Waals surface area contributed by atoms with Crippen LogP contribution in [-0.4, -0.2) is 34.7 Å². The van der Waals surface area contributed by atoms with E-state index in [1.165, 1.54) is 6.21 Å². The van der Waals surface area contributed by atoms with Gasteiger partial charge in [0, 0.05) is 35.8 Å². The molecule has 0 unspecified atom stereocenters. The number of fused-ring (bicyclic) bond motifs is 1. The number of aliphatic hydroxyl groups is 1. The van der Waals surface area contributed by atoms with Crippen LogP contribution in [0.5, 0.6) is 0 Å². The van der Waals surface area contributed by atoms with Crippen molar-refractivity contribution in [1.82, 2.24) is 15.5 Å². The van der Waals surface area contributed by atoms with Gasteiger partial charge in [0.05, 0.1) is 35.0 Å². The van der Waals surface area contributed by atoms with Crippen LogP contribution in [0.1, 0.15) is 22.4 Å². The fourth-order valence-electron chi connectivity index (χ4n) is 3.16. The van der Waals surface area contributed by atoms with Crippen molar-refractivity contribution in [3.05, 3.63) is 75.2 Å². The summed E-state index contributed by atoms with van der Waals surface area (Å²) >= 11 is 0. The van der Waals surface area contributed by atoms with Crippen LogP contribution in [0.15, 0.2) is 47.3 Å². The third-order valence-electron chi connectivity index (χ3n) is 4.52. The topological polar surface area (TPSA) is 152 Å². The minimum Gasteiger partial charge on any atom is -0.395 e. The molecule has 1 aromatic heterocycles. The highest BCUT2D eigenvalue weighted by molar-refractivity contribution is 6.19. The van der Waals surface area contributed by atoms with Crippen molar-refractivity contribution < 1.29 is 5.11 Å². The van der Waals surface area contributed by atoms with Crippen LogP contribution in [0.4, 0.5) is 0 Å². The molecule has 0 aliphatic carbocycles. The minimum absolute atomic E-state index is 0.113. The van der Waals surface area contributed by atoms with Crippen molar-refractivity contribution in [2.75, 3.05) is 13.2 Å². The lowest BCUT2D eigenvalue weighted by Crippen LogP contribution is -2.19.